The third-order valence-electron chi connectivity index (χ3n) is 2.61. The van der Waals surface area contributed by atoms with Crippen LogP contribution >= 0.6 is 0 Å². The Morgan fingerprint density at radius 2 is 1.94 bits per heavy atom. The van der Waals surface area contributed by atoms with Crippen molar-refractivity contribution >= 4 is 5.91 Å². The van der Waals surface area contributed by atoms with Crippen molar-refractivity contribution in [1.29, 1.82) is 0 Å². The fourth-order valence-electron chi connectivity index (χ4n) is 1.56. The minimum atomic E-state index is 0.0898. The van der Waals surface area contributed by atoms with Gasteiger partial charge in [-0.2, -0.15) is 0 Å². The van der Waals surface area contributed by atoms with Gasteiger partial charge >= 0.3 is 0 Å². The van der Waals surface area contributed by atoms with Crippen LogP contribution in [-0.4, -0.2) is 31.5 Å². The molecule has 1 aromatic rings. The lowest BCUT2D eigenvalue weighted by Gasteiger charge is -2.14. The van der Waals surface area contributed by atoms with Gasteiger partial charge in [0.15, 0.2) is 0 Å². The Morgan fingerprint density at radius 1 is 1.29 bits per heavy atom. The fraction of sp³-hybridized carbons (Fsp3) is 0.500. The monoisotopic (exact) mass is 235 g/mol. The third kappa shape index (κ3) is 4.10. The van der Waals surface area contributed by atoms with Crippen molar-refractivity contribution in [3.8, 4) is 5.75 Å². The molecule has 0 fully saturated rings. The van der Waals surface area contributed by atoms with Crippen LogP contribution in [0.15, 0.2) is 24.3 Å². The lowest BCUT2D eigenvalue weighted by atomic mass is 10.0. The Kier molecular flexibility index (Phi) is 5.01. The number of amides is 1. The molecule has 0 aromatic heterocycles. The Hall–Kier alpha value is -1.51. The Bertz CT molecular complexity index is 372. The van der Waals surface area contributed by atoms with Crippen LogP contribution in [0.1, 0.15) is 31.7 Å². The lowest BCUT2D eigenvalue weighted by molar-refractivity contribution is -0.129. The number of para-hydroxylation sites is 1. The van der Waals surface area contributed by atoms with E-state index in [0.717, 1.165) is 5.75 Å². The first-order valence-corrected chi connectivity index (χ1v) is 5.94. The van der Waals surface area contributed by atoms with Gasteiger partial charge in [-0.05, 0) is 17.5 Å². The van der Waals surface area contributed by atoms with Crippen LogP contribution in [-0.2, 0) is 4.79 Å². The van der Waals surface area contributed by atoms with Crippen molar-refractivity contribution in [2.24, 2.45) is 0 Å². The molecule has 0 atom stereocenters. The molecule has 1 amide bonds. The van der Waals surface area contributed by atoms with Crippen LogP contribution in [0, 0.1) is 0 Å². The van der Waals surface area contributed by atoms with Gasteiger partial charge in [-0.15, -0.1) is 0 Å². The summed E-state index contributed by atoms with van der Waals surface area (Å²) in [6, 6.07) is 7.98. The Morgan fingerprint density at radius 3 is 2.53 bits per heavy atom. The number of benzene rings is 1. The summed E-state index contributed by atoms with van der Waals surface area (Å²) >= 11 is 0. The van der Waals surface area contributed by atoms with E-state index in [4.69, 9.17) is 4.74 Å². The van der Waals surface area contributed by atoms with Gasteiger partial charge in [0.2, 0.25) is 5.91 Å². The highest BCUT2D eigenvalue weighted by molar-refractivity contribution is 5.75. The maximum absolute atomic E-state index is 11.4. The normalized spacial score (nSPS) is 10.4. The zero-order chi connectivity index (χ0) is 12.8. The maximum Gasteiger partial charge on any atom is 0.225 e. The average molecular weight is 235 g/mol. The highest BCUT2D eigenvalue weighted by Gasteiger charge is 2.08. The molecule has 17 heavy (non-hydrogen) atoms. The van der Waals surface area contributed by atoms with Crippen molar-refractivity contribution in [3.63, 3.8) is 0 Å². The predicted octanol–water partition coefficient (Wildman–Crippen LogP) is 2.67. The number of ether oxygens (including phenoxy) is 1. The van der Waals surface area contributed by atoms with Crippen molar-refractivity contribution < 1.29 is 9.53 Å². The third-order valence-corrected chi connectivity index (χ3v) is 2.61. The maximum atomic E-state index is 11.4. The summed E-state index contributed by atoms with van der Waals surface area (Å²) < 4.78 is 5.67. The summed E-state index contributed by atoms with van der Waals surface area (Å²) in [5.41, 5.74) is 1.19. The van der Waals surface area contributed by atoms with Crippen LogP contribution in [0.5, 0.6) is 5.75 Å². The summed E-state index contributed by atoms with van der Waals surface area (Å²) in [4.78, 5) is 13.0. The number of hydrogen-bond acceptors (Lipinski definition) is 2. The highest BCUT2D eigenvalue weighted by Crippen LogP contribution is 2.25. The van der Waals surface area contributed by atoms with E-state index in [1.165, 1.54) is 5.56 Å². The largest absolute Gasteiger partial charge is 0.493 e. The smallest absolute Gasteiger partial charge is 0.225 e. The predicted molar refractivity (Wildman–Crippen MR) is 69.3 cm³/mol. The average Bonchev–Trinajstić information content (AvgIpc) is 2.29. The van der Waals surface area contributed by atoms with Gasteiger partial charge in [-0.1, -0.05) is 32.0 Å². The first kappa shape index (κ1) is 13.6. The molecule has 0 N–H and O–H groups in total. The zero-order valence-electron chi connectivity index (χ0n) is 11.1. The van der Waals surface area contributed by atoms with E-state index < -0.39 is 0 Å². The SMILES string of the molecule is CC(C)c1ccccc1OCCC(=O)N(C)C. The van der Waals surface area contributed by atoms with Crippen molar-refractivity contribution in [2.45, 2.75) is 26.2 Å². The standard InChI is InChI=1S/C14H21NO2/c1-11(2)12-7-5-6-8-13(12)17-10-9-14(16)15(3)4/h5-8,11H,9-10H2,1-4H3. The molecule has 0 saturated carbocycles. The summed E-state index contributed by atoms with van der Waals surface area (Å²) in [5.74, 6) is 1.40. The second-order valence-corrected chi connectivity index (χ2v) is 4.58. The molecular weight excluding hydrogens is 214 g/mol. The first-order chi connectivity index (χ1) is 8.02. The van der Waals surface area contributed by atoms with Gasteiger partial charge in [0.1, 0.15) is 5.75 Å². The van der Waals surface area contributed by atoms with Crippen LogP contribution < -0.4 is 4.74 Å². The zero-order valence-corrected chi connectivity index (χ0v) is 11.1. The number of nitrogens with zero attached hydrogens (tertiary/aromatic N) is 1. The van der Waals surface area contributed by atoms with E-state index in [2.05, 4.69) is 19.9 Å². The van der Waals surface area contributed by atoms with E-state index in [1.807, 2.05) is 18.2 Å². The summed E-state index contributed by atoms with van der Waals surface area (Å²) in [7, 11) is 3.51. The van der Waals surface area contributed by atoms with Crippen molar-refractivity contribution in [3.05, 3.63) is 29.8 Å². The summed E-state index contributed by atoms with van der Waals surface area (Å²) in [6.45, 7) is 4.70. The number of carbonyl (C=O) groups excluding carboxylic acids is 1. The van der Waals surface area contributed by atoms with Crippen LogP contribution in [0.3, 0.4) is 0 Å². The number of carbonyl (C=O) groups is 1. The molecule has 1 aromatic carbocycles. The van der Waals surface area contributed by atoms with Crippen LogP contribution in [0.25, 0.3) is 0 Å². The van der Waals surface area contributed by atoms with Crippen LogP contribution in [0.4, 0.5) is 0 Å². The van der Waals surface area contributed by atoms with Gasteiger partial charge in [0, 0.05) is 14.1 Å². The van der Waals surface area contributed by atoms with Gasteiger partial charge in [-0.3, -0.25) is 4.79 Å². The molecule has 3 heteroatoms. The molecule has 3 nitrogen and oxygen atoms in total. The molecule has 0 aliphatic rings. The quantitative estimate of drug-likeness (QED) is 0.785. The second-order valence-electron chi connectivity index (χ2n) is 4.58. The molecule has 0 saturated heterocycles. The van der Waals surface area contributed by atoms with Gasteiger partial charge in [0.05, 0.1) is 13.0 Å². The van der Waals surface area contributed by atoms with Gasteiger partial charge in [-0.25, -0.2) is 0 Å². The molecule has 0 aliphatic heterocycles. The summed E-state index contributed by atoms with van der Waals surface area (Å²) in [5, 5.41) is 0. The molecule has 0 bridgehead atoms. The minimum Gasteiger partial charge on any atom is -0.493 e. The van der Waals surface area contributed by atoms with Crippen molar-refractivity contribution in [2.75, 3.05) is 20.7 Å². The number of rotatable bonds is 5. The Labute approximate surface area is 103 Å². The van der Waals surface area contributed by atoms with E-state index in [-0.39, 0.29) is 5.91 Å². The van der Waals surface area contributed by atoms with Gasteiger partial charge in [0.25, 0.3) is 0 Å². The first-order valence-electron chi connectivity index (χ1n) is 5.94. The topological polar surface area (TPSA) is 29.5 Å². The van der Waals surface area contributed by atoms with E-state index in [0.29, 0.717) is 18.9 Å². The highest BCUT2D eigenvalue weighted by atomic mass is 16.5. The fourth-order valence-corrected chi connectivity index (χ4v) is 1.56. The van der Waals surface area contributed by atoms with E-state index >= 15 is 0 Å². The molecule has 0 unspecified atom stereocenters. The Balaban J connectivity index is 2.55. The van der Waals surface area contributed by atoms with Crippen LogP contribution in [0.2, 0.25) is 0 Å². The van der Waals surface area contributed by atoms with Crippen molar-refractivity contribution in [1.82, 2.24) is 4.90 Å². The molecule has 0 spiro atoms. The second kappa shape index (κ2) is 6.28. The molecular formula is C14H21NO2. The van der Waals surface area contributed by atoms with E-state index in [1.54, 1.807) is 19.0 Å². The molecule has 0 radical (unpaired) electrons. The lowest BCUT2D eigenvalue weighted by Crippen LogP contribution is -2.23. The molecule has 0 heterocycles. The van der Waals surface area contributed by atoms with Gasteiger partial charge < -0.3 is 9.64 Å². The molecule has 0 aliphatic carbocycles. The molecule has 1 rings (SSSR count). The number of hydrogen-bond donors (Lipinski definition) is 0. The molecule has 94 valence electrons. The minimum absolute atomic E-state index is 0.0898. The van der Waals surface area contributed by atoms with E-state index in [9.17, 15) is 4.79 Å². The summed E-state index contributed by atoms with van der Waals surface area (Å²) in [6.07, 6.45) is 0.416.